The molecule has 1 saturated heterocycles. The number of benzene rings is 1. The summed E-state index contributed by atoms with van der Waals surface area (Å²) in [5.74, 6) is 1.35. The number of hydrogen-bond acceptors (Lipinski definition) is 8. The summed E-state index contributed by atoms with van der Waals surface area (Å²) in [6.07, 6.45) is 6.10. The molecule has 1 atom stereocenters. The Labute approximate surface area is 184 Å². The van der Waals surface area contributed by atoms with Crippen LogP contribution in [0.4, 0.5) is 17.3 Å². The molecule has 9 nitrogen and oxygen atoms in total. The van der Waals surface area contributed by atoms with Crippen molar-refractivity contribution in [2.75, 3.05) is 29.5 Å². The Morgan fingerprint density at radius 2 is 2.03 bits per heavy atom. The molecule has 0 unspecified atom stereocenters. The first kappa shape index (κ1) is 19.8. The van der Waals surface area contributed by atoms with E-state index in [1.54, 1.807) is 48.9 Å². The minimum atomic E-state index is -0.326. The van der Waals surface area contributed by atoms with Crippen LogP contribution in [0.2, 0.25) is 0 Å². The van der Waals surface area contributed by atoms with E-state index in [-0.39, 0.29) is 5.91 Å². The number of amides is 1. The van der Waals surface area contributed by atoms with Crippen molar-refractivity contribution >= 4 is 34.1 Å². The van der Waals surface area contributed by atoms with Crippen LogP contribution in [0.3, 0.4) is 0 Å². The average Bonchev–Trinajstić information content (AvgIpc) is 3.32. The quantitative estimate of drug-likeness (QED) is 0.358. The van der Waals surface area contributed by atoms with Crippen molar-refractivity contribution in [1.82, 2.24) is 25.3 Å². The van der Waals surface area contributed by atoms with Crippen molar-refractivity contribution in [1.29, 1.82) is 0 Å². The fourth-order valence-electron chi connectivity index (χ4n) is 3.72. The van der Waals surface area contributed by atoms with Gasteiger partial charge in [0.1, 0.15) is 11.6 Å². The summed E-state index contributed by atoms with van der Waals surface area (Å²) in [6, 6.07) is 12.7. The van der Waals surface area contributed by atoms with Crippen LogP contribution < -0.4 is 21.7 Å². The molecular weight excluding hydrogens is 404 g/mol. The fraction of sp³-hybridized carbons (Fsp3) is 0.174. The van der Waals surface area contributed by atoms with E-state index in [1.165, 1.54) is 0 Å². The Morgan fingerprint density at radius 3 is 2.88 bits per heavy atom. The van der Waals surface area contributed by atoms with Crippen molar-refractivity contribution in [3.8, 4) is 11.4 Å². The number of nitrogens with one attached hydrogen (secondary N) is 3. The molecule has 1 fully saturated rings. The number of pyridine rings is 2. The molecule has 0 saturated carbocycles. The van der Waals surface area contributed by atoms with Gasteiger partial charge in [0, 0.05) is 41.6 Å². The van der Waals surface area contributed by atoms with Gasteiger partial charge in [-0.1, -0.05) is 12.1 Å². The molecule has 32 heavy (non-hydrogen) atoms. The zero-order valence-corrected chi connectivity index (χ0v) is 17.2. The Bertz CT molecular complexity index is 1290. The summed E-state index contributed by atoms with van der Waals surface area (Å²) < 4.78 is 0. The number of nitrogen functional groups attached to an aromatic ring is 1. The van der Waals surface area contributed by atoms with Crippen LogP contribution in [0.5, 0.6) is 0 Å². The van der Waals surface area contributed by atoms with Crippen molar-refractivity contribution < 1.29 is 4.79 Å². The van der Waals surface area contributed by atoms with Gasteiger partial charge in [-0.25, -0.2) is 15.0 Å². The summed E-state index contributed by atoms with van der Waals surface area (Å²) in [6.45, 7) is 1.87. The number of hydrogen-bond donors (Lipinski definition) is 4. The van der Waals surface area contributed by atoms with E-state index in [2.05, 4.69) is 30.9 Å². The molecule has 0 bridgehead atoms. The standard InChI is InChI=1S/C23H22N8O/c24-18-4-2-1-3-16(18)23(32)30-20-11-14(5-10-27-20)21-29-19-13-26-9-7-17(19)22(31-21)28-15-6-8-25-12-15/h1-5,7,9-11,13,15,25H,6,8,12,24H2,(H,27,30,32)(H,28,29,31)/t15-/m1/s1. The van der Waals surface area contributed by atoms with Gasteiger partial charge in [0.15, 0.2) is 5.82 Å². The highest BCUT2D eigenvalue weighted by atomic mass is 16.1. The number of anilines is 3. The Hall–Kier alpha value is -4.11. The molecule has 5 N–H and O–H groups in total. The van der Waals surface area contributed by atoms with E-state index in [1.807, 2.05) is 12.1 Å². The van der Waals surface area contributed by atoms with Crippen molar-refractivity contribution in [3.05, 3.63) is 66.6 Å². The second-order valence-corrected chi connectivity index (χ2v) is 7.59. The maximum Gasteiger partial charge on any atom is 0.258 e. The Kier molecular flexibility index (Phi) is 5.30. The maximum absolute atomic E-state index is 12.6. The molecule has 1 aliphatic heterocycles. The van der Waals surface area contributed by atoms with Gasteiger partial charge in [-0.15, -0.1) is 0 Å². The second kappa shape index (κ2) is 8.56. The predicted octanol–water partition coefficient (Wildman–Crippen LogP) is 2.70. The van der Waals surface area contributed by atoms with E-state index in [0.29, 0.717) is 28.9 Å². The van der Waals surface area contributed by atoms with Gasteiger partial charge >= 0.3 is 0 Å². The van der Waals surface area contributed by atoms with Gasteiger partial charge in [0.05, 0.1) is 17.3 Å². The SMILES string of the molecule is Nc1ccccc1C(=O)Nc1cc(-c2nc(N[C@@H]3CCNC3)c3ccncc3n2)ccn1. The minimum absolute atomic E-state index is 0.303. The Morgan fingerprint density at radius 1 is 1.12 bits per heavy atom. The van der Waals surface area contributed by atoms with Crippen LogP contribution >= 0.6 is 0 Å². The monoisotopic (exact) mass is 426 g/mol. The number of carbonyl (C=O) groups excluding carboxylic acids is 1. The minimum Gasteiger partial charge on any atom is -0.398 e. The molecule has 1 amide bonds. The average molecular weight is 426 g/mol. The molecule has 0 radical (unpaired) electrons. The highest BCUT2D eigenvalue weighted by molar-refractivity contribution is 6.07. The third-order valence-corrected chi connectivity index (χ3v) is 5.37. The van der Waals surface area contributed by atoms with Gasteiger partial charge in [-0.3, -0.25) is 9.78 Å². The molecule has 9 heteroatoms. The first-order valence-corrected chi connectivity index (χ1v) is 10.4. The lowest BCUT2D eigenvalue weighted by Gasteiger charge is -2.15. The van der Waals surface area contributed by atoms with Crippen LogP contribution in [0.25, 0.3) is 22.3 Å². The number of carbonyl (C=O) groups is 1. The summed E-state index contributed by atoms with van der Waals surface area (Å²) in [7, 11) is 0. The van der Waals surface area contributed by atoms with E-state index in [9.17, 15) is 4.79 Å². The van der Waals surface area contributed by atoms with Gasteiger partial charge in [-0.05, 0) is 43.3 Å². The van der Waals surface area contributed by atoms with E-state index >= 15 is 0 Å². The van der Waals surface area contributed by atoms with Crippen molar-refractivity contribution in [2.24, 2.45) is 0 Å². The van der Waals surface area contributed by atoms with Gasteiger partial charge in [-0.2, -0.15) is 0 Å². The molecular formula is C23H22N8O. The van der Waals surface area contributed by atoms with E-state index in [0.717, 1.165) is 41.8 Å². The topological polar surface area (TPSA) is 131 Å². The maximum atomic E-state index is 12.6. The molecule has 4 heterocycles. The van der Waals surface area contributed by atoms with Gasteiger partial charge in [0.25, 0.3) is 5.91 Å². The fourth-order valence-corrected chi connectivity index (χ4v) is 3.72. The third-order valence-electron chi connectivity index (χ3n) is 5.37. The zero-order chi connectivity index (χ0) is 21.9. The van der Waals surface area contributed by atoms with Crippen LogP contribution in [0.15, 0.2) is 61.1 Å². The largest absolute Gasteiger partial charge is 0.398 e. The molecule has 4 aromatic rings. The van der Waals surface area contributed by atoms with Gasteiger partial charge in [0.2, 0.25) is 0 Å². The summed E-state index contributed by atoms with van der Waals surface area (Å²) >= 11 is 0. The lowest BCUT2D eigenvalue weighted by atomic mass is 10.1. The highest BCUT2D eigenvalue weighted by Gasteiger charge is 2.18. The summed E-state index contributed by atoms with van der Waals surface area (Å²) in [4.78, 5) is 30.6. The normalized spacial score (nSPS) is 15.6. The number of nitrogens with zero attached hydrogens (tertiary/aromatic N) is 4. The first-order valence-electron chi connectivity index (χ1n) is 10.4. The van der Waals surface area contributed by atoms with Crippen LogP contribution in [-0.4, -0.2) is 45.0 Å². The van der Waals surface area contributed by atoms with E-state index < -0.39 is 0 Å². The molecule has 5 rings (SSSR count). The molecule has 0 aliphatic carbocycles. The molecule has 3 aromatic heterocycles. The second-order valence-electron chi connectivity index (χ2n) is 7.59. The lowest BCUT2D eigenvalue weighted by molar-refractivity contribution is 0.102. The number of rotatable bonds is 5. The highest BCUT2D eigenvalue weighted by Crippen LogP contribution is 2.26. The third kappa shape index (κ3) is 4.06. The Balaban J connectivity index is 1.47. The zero-order valence-electron chi connectivity index (χ0n) is 17.2. The number of fused-ring (bicyclic) bond motifs is 1. The number of nitrogens with two attached hydrogens (primary N) is 1. The van der Waals surface area contributed by atoms with Crippen molar-refractivity contribution in [2.45, 2.75) is 12.5 Å². The number of aromatic nitrogens is 4. The van der Waals surface area contributed by atoms with Crippen molar-refractivity contribution in [3.63, 3.8) is 0 Å². The molecule has 1 aromatic carbocycles. The number of para-hydroxylation sites is 1. The molecule has 1 aliphatic rings. The molecule has 160 valence electrons. The summed E-state index contributed by atoms with van der Waals surface area (Å²) in [5, 5.41) is 10.6. The van der Waals surface area contributed by atoms with Gasteiger partial charge < -0.3 is 21.7 Å². The van der Waals surface area contributed by atoms with Crippen LogP contribution in [0, 0.1) is 0 Å². The van der Waals surface area contributed by atoms with E-state index in [4.69, 9.17) is 10.7 Å². The smallest absolute Gasteiger partial charge is 0.258 e. The predicted molar refractivity (Wildman–Crippen MR) is 124 cm³/mol. The first-order chi connectivity index (χ1) is 15.7. The molecule has 0 spiro atoms. The van der Waals surface area contributed by atoms with Crippen LogP contribution in [-0.2, 0) is 0 Å². The summed E-state index contributed by atoms with van der Waals surface area (Å²) in [5.41, 5.74) is 8.19. The van der Waals surface area contributed by atoms with Crippen LogP contribution in [0.1, 0.15) is 16.8 Å². The lowest BCUT2D eigenvalue weighted by Crippen LogP contribution is -2.23.